The minimum atomic E-state index is -0.270. The Hall–Kier alpha value is -2.96. The number of nitrogens with one attached hydrogen (secondary N) is 1. The number of benzene rings is 2. The molecule has 0 aliphatic carbocycles. The van der Waals surface area contributed by atoms with Gasteiger partial charge in [-0.3, -0.25) is 4.98 Å². The summed E-state index contributed by atoms with van der Waals surface area (Å²) in [4.78, 5) is 8.90. The van der Waals surface area contributed by atoms with Crippen LogP contribution in [0.1, 0.15) is 55.2 Å². The van der Waals surface area contributed by atoms with Crippen molar-refractivity contribution in [3.05, 3.63) is 94.0 Å². The first-order valence-electron chi connectivity index (χ1n) is 11.6. The van der Waals surface area contributed by atoms with Crippen molar-refractivity contribution in [1.29, 1.82) is 0 Å². The van der Waals surface area contributed by atoms with Crippen LogP contribution in [-0.4, -0.2) is 22.7 Å². The molecule has 2 atom stereocenters. The standard InChI is InChI=1S/C28H28ClFN4S/c1-16-12-18(9-10-22(16)30)34-26(25(32-27(34)35)23-8-6-7-11-31-23)20-13-19-17(2)15-28(3,4)33(5)24(19)14-21(20)29/h6-15,25-26H,1-5H3,(H,32,35)/t25-,26+/m0/s1. The van der Waals surface area contributed by atoms with E-state index in [1.54, 1.807) is 19.2 Å². The summed E-state index contributed by atoms with van der Waals surface area (Å²) in [6.45, 7) is 8.28. The number of fused-ring (bicyclic) bond motifs is 1. The van der Waals surface area contributed by atoms with Crippen molar-refractivity contribution < 1.29 is 4.39 Å². The van der Waals surface area contributed by atoms with Crippen molar-refractivity contribution in [2.45, 2.75) is 45.3 Å². The van der Waals surface area contributed by atoms with Crippen molar-refractivity contribution >= 4 is 45.9 Å². The minimum Gasteiger partial charge on any atom is -0.365 e. The van der Waals surface area contributed by atoms with Gasteiger partial charge in [0, 0.05) is 35.2 Å². The van der Waals surface area contributed by atoms with Gasteiger partial charge in [-0.1, -0.05) is 23.7 Å². The lowest BCUT2D eigenvalue weighted by molar-refractivity contribution is 0.566. The molecule has 0 radical (unpaired) electrons. The molecule has 7 heteroatoms. The summed E-state index contributed by atoms with van der Waals surface area (Å²) >= 11 is 12.9. The quantitative estimate of drug-likeness (QED) is 0.387. The molecule has 2 aliphatic rings. The molecule has 0 amide bonds. The summed E-state index contributed by atoms with van der Waals surface area (Å²) in [5.74, 6) is -0.247. The number of thiocarbonyl (C=S) groups is 1. The molecule has 180 valence electrons. The van der Waals surface area contributed by atoms with E-state index >= 15 is 0 Å². The number of halogens is 2. The number of rotatable bonds is 3. The zero-order chi connectivity index (χ0) is 25.1. The average Bonchev–Trinajstić information content (AvgIpc) is 3.16. The maximum absolute atomic E-state index is 14.1. The van der Waals surface area contributed by atoms with Crippen molar-refractivity contribution in [2.75, 3.05) is 16.8 Å². The van der Waals surface area contributed by atoms with E-state index in [1.165, 1.54) is 11.6 Å². The zero-order valence-electron chi connectivity index (χ0n) is 20.4. The van der Waals surface area contributed by atoms with Crippen LogP contribution in [0, 0.1) is 12.7 Å². The van der Waals surface area contributed by atoms with Crippen LogP contribution in [0.4, 0.5) is 15.8 Å². The Morgan fingerprint density at radius 2 is 1.89 bits per heavy atom. The van der Waals surface area contributed by atoms with E-state index in [1.807, 2.05) is 29.2 Å². The molecule has 5 rings (SSSR count). The molecular formula is C28H28ClFN4S. The Morgan fingerprint density at radius 1 is 1.11 bits per heavy atom. The fourth-order valence-electron chi connectivity index (χ4n) is 5.14. The molecule has 1 saturated heterocycles. The van der Waals surface area contributed by atoms with E-state index in [0.29, 0.717) is 15.7 Å². The van der Waals surface area contributed by atoms with Gasteiger partial charge in [0.05, 0.1) is 23.3 Å². The van der Waals surface area contributed by atoms with Crippen LogP contribution >= 0.6 is 23.8 Å². The van der Waals surface area contributed by atoms with Gasteiger partial charge < -0.3 is 15.1 Å². The minimum absolute atomic E-state index is 0.118. The van der Waals surface area contributed by atoms with Gasteiger partial charge in [0.2, 0.25) is 0 Å². The van der Waals surface area contributed by atoms with Crippen molar-refractivity contribution in [3.8, 4) is 0 Å². The number of pyridine rings is 1. The number of anilines is 2. The fraction of sp³-hybridized carbons (Fsp3) is 0.286. The molecule has 4 nitrogen and oxygen atoms in total. The number of aromatic nitrogens is 1. The molecular weight excluding hydrogens is 479 g/mol. The number of hydrogen-bond acceptors (Lipinski definition) is 3. The van der Waals surface area contributed by atoms with Crippen LogP contribution in [-0.2, 0) is 0 Å². The first-order chi connectivity index (χ1) is 16.6. The Balaban J connectivity index is 1.71. The Labute approximate surface area is 216 Å². The molecule has 0 unspecified atom stereocenters. The molecule has 3 aromatic rings. The van der Waals surface area contributed by atoms with E-state index in [4.69, 9.17) is 23.8 Å². The zero-order valence-corrected chi connectivity index (χ0v) is 22.0. The SMILES string of the molecule is CC1=CC(C)(C)N(C)c2cc(Cl)c([C@@H]3[C@H](c4ccccn4)NC(=S)N3c3ccc(F)c(C)c3)cc21. The van der Waals surface area contributed by atoms with Crippen LogP contribution in [0.25, 0.3) is 5.57 Å². The van der Waals surface area contributed by atoms with Gasteiger partial charge in [-0.2, -0.15) is 0 Å². The van der Waals surface area contributed by atoms with Gasteiger partial charge in [0.25, 0.3) is 0 Å². The van der Waals surface area contributed by atoms with E-state index in [-0.39, 0.29) is 23.4 Å². The molecule has 2 aromatic carbocycles. The Kier molecular flexibility index (Phi) is 5.85. The topological polar surface area (TPSA) is 31.4 Å². The second kappa shape index (κ2) is 8.61. The van der Waals surface area contributed by atoms with Gasteiger partial charge in [0.1, 0.15) is 5.82 Å². The second-order valence-electron chi connectivity index (χ2n) is 9.86. The van der Waals surface area contributed by atoms with Gasteiger partial charge in [-0.25, -0.2) is 4.39 Å². The third-order valence-corrected chi connectivity index (χ3v) is 7.81. The number of likely N-dealkylation sites (N-methyl/N-ethyl adjacent to an activating group) is 1. The van der Waals surface area contributed by atoms with E-state index < -0.39 is 0 Å². The monoisotopic (exact) mass is 506 g/mol. The highest BCUT2D eigenvalue weighted by Gasteiger charge is 2.42. The average molecular weight is 507 g/mol. The summed E-state index contributed by atoms with van der Waals surface area (Å²) in [5, 5.41) is 4.67. The summed E-state index contributed by atoms with van der Waals surface area (Å²) in [7, 11) is 2.09. The largest absolute Gasteiger partial charge is 0.365 e. The normalized spacial score (nSPS) is 21.0. The molecule has 0 spiro atoms. The second-order valence-corrected chi connectivity index (χ2v) is 10.7. The van der Waals surface area contributed by atoms with Crippen LogP contribution in [0.2, 0.25) is 5.02 Å². The Morgan fingerprint density at radius 3 is 2.57 bits per heavy atom. The van der Waals surface area contributed by atoms with Gasteiger partial charge in [0.15, 0.2) is 5.11 Å². The van der Waals surface area contributed by atoms with Gasteiger partial charge >= 0.3 is 0 Å². The number of nitrogens with zero attached hydrogens (tertiary/aromatic N) is 3. The van der Waals surface area contributed by atoms with Crippen molar-refractivity contribution in [2.24, 2.45) is 0 Å². The van der Waals surface area contributed by atoms with Crippen molar-refractivity contribution in [3.63, 3.8) is 0 Å². The van der Waals surface area contributed by atoms with Gasteiger partial charge in [-0.15, -0.1) is 0 Å². The predicted molar refractivity (Wildman–Crippen MR) is 147 cm³/mol. The van der Waals surface area contributed by atoms with Crippen LogP contribution in [0.5, 0.6) is 0 Å². The lowest BCUT2D eigenvalue weighted by atomic mass is 9.86. The number of hydrogen-bond donors (Lipinski definition) is 1. The molecule has 1 fully saturated rings. The Bertz CT molecular complexity index is 1350. The molecule has 1 N–H and O–H groups in total. The van der Waals surface area contributed by atoms with E-state index in [9.17, 15) is 4.39 Å². The predicted octanol–water partition coefficient (Wildman–Crippen LogP) is 6.99. The highest BCUT2D eigenvalue weighted by Crippen LogP contribution is 2.48. The molecule has 0 saturated carbocycles. The summed E-state index contributed by atoms with van der Waals surface area (Å²) in [5.41, 5.74) is 6.49. The summed E-state index contributed by atoms with van der Waals surface area (Å²) in [6.07, 6.45) is 4.06. The first kappa shape index (κ1) is 23.8. The number of aryl methyl sites for hydroxylation is 1. The lowest BCUT2D eigenvalue weighted by Crippen LogP contribution is -2.42. The lowest BCUT2D eigenvalue weighted by Gasteiger charge is -2.41. The maximum Gasteiger partial charge on any atom is 0.174 e. The van der Waals surface area contributed by atoms with E-state index in [2.05, 4.69) is 61.2 Å². The maximum atomic E-state index is 14.1. The highest BCUT2D eigenvalue weighted by molar-refractivity contribution is 7.80. The van der Waals surface area contributed by atoms with Crippen LogP contribution in [0.3, 0.4) is 0 Å². The first-order valence-corrected chi connectivity index (χ1v) is 12.4. The van der Waals surface area contributed by atoms with Crippen LogP contribution < -0.4 is 15.1 Å². The van der Waals surface area contributed by atoms with Gasteiger partial charge in [-0.05, 0) is 99.1 Å². The van der Waals surface area contributed by atoms with Crippen molar-refractivity contribution in [1.82, 2.24) is 10.3 Å². The van der Waals surface area contributed by atoms with E-state index in [0.717, 1.165) is 28.2 Å². The van der Waals surface area contributed by atoms with Crippen LogP contribution in [0.15, 0.2) is 60.8 Å². The molecule has 1 aromatic heterocycles. The number of allylic oxidation sites excluding steroid dienone is 1. The molecule has 35 heavy (non-hydrogen) atoms. The summed E-state index contributed by atoms with van der Waals surface area (Å²) < 4.78 is 14.1. The highest BCUT2D eigenvalue weighted by atomic mass is 35.5. The summed E-state index contributed by atoms with van der Waals surface area (Å²) in [6, 6.07) is 14.6. The molecule has 3 heterocycles. The smallest absolute Gasteiger partial charge is 0.174 e. The molecule has 2 aliphatic heterocycles. The third-order valence-electron chi connectivity index (χ3n) is 7.17. The fourth-order valence-corrected chi connectivity index (χ4v) is 5.76. The molecule has 0 bridgehead atoms. The third kappa shape index (κ3) is 3.99.